The van der Waals surface area contributed by atoms with Crippen molar-refractivity contribution >= 4 is 18.7 Å². The Morgan fingerprint density at radius 3 is 2.42 bits per heavy atom. The lowest BCUT2D eigenvalue weighted by molar-refractivity contribution is -0.0375. The van der Waals surface area contributed by atoms with Gasteiger partial charge in [0, 0.05) is 18.2 Å². The number of aryl methyl sites for hydroxylation is 2. The monoisotopic (exact) mass is 447 g/mol. The third kappa shape index (κ3) is 7.40. The summed E-state index contributed by atoms with van der Waals surface area (Å²) >= 11 is 3.67. The fourth-order valence-electron chi connectivity index (χ4n) is 3.08. The number of thiol groups is 1. The highest BCUT2D eigenvalue weighted by atomic mass is 32.1. The molecule has 1 aliphatic heterocycles. The highest BCUT2D eigenvalue weighted by molar-refractivity contribution is 7.75. The SMILES string of the molecule is CC.CC.Cc1cc(C)cc(C#Cc2cn(C3CC(O)C(COS)O3)c(=O)nc2N)c1. The van der Waals surface area contributed by atoms with E-state index in [2.05, 4.69) is 35.8 Å². The Balaban J connectivity index is 0.00000113. The molecule has 1 aliphatic rings. The van der Waals surface area contributed by atoms with Crippen LogP contribution in [0.5, 0.6) is 0 Å². The topological polar surface area (TPSA) is 99.6 Å². The summed E-state index contributed by atoms with van der Waals surface area (Å²) in [6.45, 7) is 12.1. The number of hydrogen-bond donors (Lipinski definition) is 3. The molecule has 0 amide bonds. The van der Waals surface area contributed by atoms with Crippen LogP contribution in [-0.2, 0) is 8.92 Å². The normalized spacial score (nSPS) is 19.3. The number of nitrogens with zero attached hydrogens (tertiary/aromatic N) is 2. The second-order valence-corrected chi connectivity index (χ2v) is 6.84. The van der Waals surface area contributed by atoms with Crippen molar-refractivity contribution in [3.8, 4) is 11.8 Å². The average molecular weight is 448 g/mol. The Hall–Kier alpha value is -2.31. The predicted octanol–water partition coefficient (Wildman–Crippen LogP) is 3.40. The van der Waals surface area contributed by atoms with Crippen LogP contribution in [0.15, 0.2) is 29.2 Å². The molecule has 2 aromatic rings. The molecule has 170 valence electrons. The van der Waals surface area contributed by atoms with Crippen molar-refractivity contribution < 1.29 is 14.0 Å². The van der Waals surface area contributed by atoms with Crippen molar-refractivity contribution in [2.45, 2.75) is 66.4 Å². The molecule has 0 saturated carbocycles. The minimum Gasteiger partial charge on any atom is -0.390 e. The molecule has 0 spiro atoms. The van der Waals surface area contributed by atoms with E-state index in [1.807, 2.05) is 53.7 Å². The first-order valence-corrected chi connectivity index (χ1v) is 10.8. The summed E-state index contributed by atoms with van der Waals surface area (Å²) in [6.07, 6.45) is -0.257. The average Bonchev–Trinajstić information content (AvgIpc) is 3.10. The molecule has 1 saturated heterocycles. The van der Waals surface area contributed by atoms with E-state index in [0.717, 1.165) is 16.7 Å². The molecule has 31 heavy (non-hydrogen) atoms. The van der Waals surface area contributed by atoms with Gasteiger partial charge in [0.05, 0.1) is 18.3 Å². The van der Waals surface area contributed by atoms with Crippen LogP contribution in [0.4, 0.5) is 5.82 Å². The van der Waals surface area contributed by atoms with Crippen molar-refractivity contribution in [2.75, 3.05) is 12.3 Å². The number of aromatic nitrogens is 2. The number of aliphatic hydroxyl groups excluding tert-OH is 1. The van der Waals surface area contributed by atoms with Gasteiger partial charge in [-0.2, -0.15) is 4.98 Å². The van der Waals surface area contributed by atoms with Gasteiger partial charge >= 0.3 is 5.69 Å². The third-order valence-corrected chi connectivity index (χ3v) is 4.45. The summed E-state index contributed by atoms with van der Waals surface area (Å²) in [5.41, 5.74) is 8.80. The maximum atomic E-state index is 12.2. The van der Waals surface area contributed by atoms with Crippen LogP contribution >= 0.6 is 12.9 Å². The number of nitrogen functional groups attached to an aromatic ring is 1. The Morgan fingerprint density at radius 1 is 1.23 bits per heavy atom. The smallest absolute Gasteiger partial charge is 0.351 e. The van der Waals surface area contributed by atoms with Crippen molar-refractivity contribution in [2.24, 2.45) is 0 Å². The number of anilines is 1. The minimum absolute atomic E-state index is 0.0573. The van der Waals surface area contributed by atoms with Gasteiger partial charge in [-0.3, -0.25) is 4.57 Å². The lowest BCUT2D eigenvalue weighted by Gasteiger charge is -2.15. The second kappa shape index (κ2) is 13.2. The maximum Gasteiger partial charge on any atom is 0.351 e. The summed E-state index contributed by atoms with van der Waals surface area (Å²) in [5, 5.41) is 10.0. The molecule has 1 fully saturated rings. The van der Waals surface area contributed by atoms with E-state index in [9.17, 15) is 9.90 Å². The van der Waals surface area contributed by atoms with E-state index >= 15 is 0 Å². The summed E-state index contributed by atoms with van der Waals surface area (Å²) in [6, 6.07) is 6.01. The molecule has 3 N–H and O–H groups in total. The molecule has 8 heteroatoms. The minimum atomic E-state index is -0.767. The lowest BCUT2D eigenvalue weighted by atomic mass is 10.1. The predicted molar refractivity (Wildman–Crippen MR) is 127 cm³/mol. The molecular weight excluding hydrogens is 414 g/mol. The van der Waals surface area contributed by atoms with Gasteiger partial charge in [0.25, 0.3) is 0 Å². The zero-order valence-electron chi connectivity index (χ0n) is 19.0. The summed E-state index contributed by atoms with van der Waals surface area (Å²) in [7, 11) is 0. The van der Waals surface area contributed by atoms with E-state index in [4.69, 9.17) is 14.7 Å². The highest BCUT2D eigenvalue weighted by Gasteiger charge is 2.35. The Bertz CT molecular complexity index is 945. The zero-order valence-corrected chi connectivity index (χ0v) is 19.9. The number of rotatable bonds is 3. The quantitative estimate of drug-likeness (QED) is 0.379. The van der Waals surface area contributed by atoms with Crippen LogP contribution in [0.25, 0.3) is 0 Å². The first kappa shape index (κ1) is 26.7. The fraction of sp³-hybridized carbons (Fsp3) is 0.478. The van der Waals surface area contributed by atoms with Crippen LogP contribution in [0.1, 0.15) is 62.6 Å². The van der Waals surface area contributed by atoms with Crippen molar-refractivity contribution in [3.05, 3.63) is 57.1 Å². The maximum absolute atomic E-state index is 12.2. The summed E-state index contributed by atoms with van der Waals surface area (Å²) in [5.74, 6) is 6.08. The van der Waals surface area contributed by atoms with Gasteiger partial charge in [0.2, 0.25) is 0 Å². The molecule has 1 aromatic carbocycles. The van der Waals surface area contributed by atoms with Crippen LogP contribution in [0.3, 0.4) is 0 Å². The second-order valence-electron chi connectivity index (χ2n) is 6.58. The molecule has 3 unspecified atom stereocenters. The number of nitrogens with two attached hydrogens (primary N) is 1. The standard InChI is InChI=1S/C19H21N3O4S.2C2H6/c1-11-5-12(2)7-13(6-11)3-4-14-9-22(19(24)21-18(14)20)17-8-15(23)16(26-17)10-25-27;2*1-2/h5-7,9,15-17,23,27H,8,10H2,1-2H3,(H2,20,21,24);2*1-2H3. The lowest BCUT2D eigenvalue weighted by Crippen LogP contribution is -2.29. The van der Waals surface area contributed by atoms with E-state index in [-0.39, 0.29) is 18.8 Å². The van der Waals surface area contributed by atoms with Gasteiger partial charge < -0.3 is 19.8 Å². The largest absolute Gasteiger partial charge is 0.390 e. The number of aliphatic hydroxyl groups is 1. The molecule has 0 bridgehead atoms. The Labute approximate surface area is 190 Å². The van der Waals surface area contributed by atoms with Gasteiger partial charge in [0.15, 0.2) is 0 Å². The first-order valence-electron chi connectivity index (χ1n) is 10.5. The van der Waals surface area contributed by atoms with Gasteiger partial charge in [-0.25, -0.2) is 4.79 Å². The van der Waals surface area contributed by atoms with Gasteiger partial charge in [-0.05, 0) is 50.0 Å². The van der Waals surface area contributed by atoms with Gasteiger partial charge in [-0.15, -0.1) is 0 Å². The Kier molecular flexibility index (Phi) is 11.4. The first-order chi connectivity index (χ1) is 14.9. The highest BCUT2D eigenvalue weighted by Crippen LogP contribution is 2.28. The van der Waals surface area contributed by atoms with E-state index in [0.29, 0.717) is 5.56 Å². The fourth-order valence-corrected chi connectivity index (χ4v) is 3.23. The van der Waals surface area contributed by atoms with Crippen LogP contribution in [0, 0.1) is 25.7 Å². The van der Waals surface area contributed by atoms with E-state index < -0.39 is 24.1 Å². The van der Waals surface area contributed by atoms with Crippen molar-refractivity contribution in [1.29, 1.82) is 0 Å². The number of ether oxygens (including phenoxy) is 1. The van der Waals surface area contributed by atoms with Crippen LogP contribution in [0.2, 0.25) is 0 Å². The van der Waals surface area contributed by atoms with Crippen LogP contribution in [-0.4, -0.2) is 33.5 Å². The van der Waals surface area contributed by atoms with E-state index in [1.165, 1.54) is 10.8 Å². The van der Waals surface area contributed by atoms with Gasteiger partial charge in [0.1, 0.15) is 18.1 Å². The molecule has 0 radical (unpaired) electrons. The van der Waals surface area contributed by atoms with Crippen LogP contribution < -0.4 is 11.4 Å². The zero-order chi connectivity index (χ0) is 23.6. The molecule has 3 atom stereocenters. The molecule has 0 aliphatic carbocycles. The van der Waals surface area contributed by atoms with Crippen molar-refractivity contribution in [3.63, 3.8) is 0 Å². The molecular formula is C23H33N3O4S. The molecule has 7 nitrogen and oxygen atoms in total. The number of benzene rings is 1. The van der Waals surface area contributed by atoms with Crippen molar-refractivity contribution in [1.82, 2.24) is 9.55 Å². The number of hydrogen-bond acceptors (Lipinski definition) is 7. The summed E-state index contributed by atoms with van der Waals surface area (Å²) < 4.78 is 11.7. The molecule has 3 rings (SSSR count). The third-order valence-electron chi connectivity index (χ3n) is 4.30. The Morgan fingerprint density at radius 2 is 1.84 bits per heavy atom. The molecule has 1 aromatic heterocycles. The summed E-state index contributed by atoms with van der Waals surface area (Å²) in [4.78, 5) is 16.1. The molecule has 2 heterocycles. The van der Waals surface area contributed by atoms with E-state index in [1.54, 1.807) is 0 Å². The van der Waals surface area contributed by atoms with Gasteiger partial charge in [-0.1, -0.05) is 45.6 Å².